The molecule has 2 aliphatic heterocycles. The molecule has 12 heteroatoms. The molecule has 0 saturated carbocycles. The van der Waals surface area contributed by atoms with Crippen molar-refractivity contribution in [2.24, 2.45) is 0 Å². The first-order valence-corrected chi connectivity index (χ1v) is 10.9. The summed E-state index contributed by atoms with van der Waals surface area (Å²) in [7, 11) is 7.74. The topological polar surface area (TPSA) is 106 Å². The second kappa shape index (κ2) is 12.7. The Labute approximate surface area is 189 Å². The van der Waals surface area contributed by atoms with Crippen LogP contribution in [0.2, 0.25) is 0 Å². The van der Waals surface area contributed by atoms with Crippen LogP contribution in [0.5, 0.6) is 0 Å². The SMILES string of the molecule is CN(C)CCN1CCN(OC(=O)C(=O)ON2CCC(=O)N(CCN(C)C)CC2)CCC1=O. The second-order valence-corrected chi connectivity index (χ2v) is 8.48. The third-order valence-electron chi connectivity index (χ3n) is 5.32. The summed E-state index contributed by atoms with van der Waals surface area (Å²) < 4.78 is 0. The van der Waals surface area contributed by atoms with Crippen molar-refractivity contribution in [3.8, 4) is 0 Å². The van der Waals surface area contributed by atoms with Crippen molar-refractivity contribution >= 4 is 23.8 Å². The molecule has 2 fully saturated rings. The van der Waals surface area contributed by atoms with Crippen molar-refractivity contribution in [2.75, 3.05) is 93.6 Å². The third kappa shape index (κ3) is 8.69. The summed E-state index contributed by atoms with van der Waals surface area (Å²) in [4.78, 5) is 66.6. The zero-order valence-electron chi connectivity index (χ0n) is 19.6. The van der Waals surface area contributed by atoms with E-state index in [1.165, 1.54) is 10.1 Å². The summed E-state index contributed by atoms with van der Waals surface area (Å²) in [6.45, 7) is 4.55. The van der Waals surface area contributed by atoms with Gasteiger partial charge in [0.1, 0.15) is 0 Å². The minimum atomic E-state index is -1.14. The molecule has 0 radical (unpaired) electrons. The number of rotatable bonds is 8. The van der Waals surface area contributed by atoms with Crippen LogP contribution in [0.25, 0.3) is 0 Å². The molecule has 0 aromatic heterocycles. The van der Waals surface area contributed by atoms with Gasteiger partial charge in [-0.15, -0.1) is 10.1 Å². The summed E-state index contributed by atoms with van der Waals surface area (Å²) in [5.74, 6) is -2.31. The van der Waals surface area contributed by atoms with Crippen LogP contribution in [0.4, 0.5) is 0 Å². The van der Waals surface area contributed by atoms with Gasteiger partial charge in [0.25, 0.3) is 0 Å². The van der Waals surface area contributed by atoms with Crippen LogP contribution >= 0.6 is 0 Å². The Morgan fingerprint density at radius 3 is 1.41 bits per heavy atom. The standard InChI is InChI=1S/C20H36N6O6/c1-21(2)9-11-23-13-15-25(7-5-17(23)27)31-19(29)20(30)32-26-8-6-18(28)24(14-16-26)12-10-22(3)4/h5-16H2,1-4H3. The minimum absolute atomic E-state index is 0.0129. The molecule has 0 aromatic rings. The van der Waals surface area contributed by atoms with Gasteiger partial charge in [-0.2, -0.15) is 0 Å². The molecule has 2 amide bonds. The number of carbonyl (C=O) groups excluding carboxylic acids is 4. The summed E-state index contributed by atoms with van der Waals surface area (Å²) in [6, 6.07) is 0. The average molecular weight is 457 g/mol. The molecule has 32 heavy (non-hydrogen) atoms. The van der Waals surface area contributed by atoms with Crippen molar-refractivity contribution in [3.63, 3.8) is 0 Å². The number of hydroxylamine groups is 4. The number of nitrogens with zero attached hydrogens (tertiary/aromatic N) is 6. The molecule has 2 rings (SSSR count). The van der Waals surface area contributed by atoms with Crippen molar-refractivity contribution in [1.82, 2.24) is 29.7 Å². The van der Waals surface area contributed by atoms with E-state index in [1.807, 2.05) is 38.0 Å². The summed E-state index contributed by atoms with van der Waals surface area (Å²) in [6.07, 6.45) is 0.402. The fraction of sp³-hybridized carbons (Fsp3) is 0.800. The van der Waals surface area contributed by atoms with E-state index in [0.29, 0.717) is 39.3 Å². The normalized spacial score (nSPS) is 19.3. The maximum Gasteiger partial charge on any atom is 0.438 e. The summed E-state index contributed by atoms with van der Waals surface area (Å²) in [5, 5.41) is 2.65. The van der Waals surface area contributed by atoms with E-state index >= 15 is 0 Å². The van der Waals surface area contributed by atoms with Gasteiger partial charge in [-0.3, -0.25) is 9.59 Å². The molecule has 12 nitrogen and oxygen atoms in total. The van der Waals surface area contributed by atoms with Crippen molar-refractivity contribution in [1.29, 1.82) is 0 Å². The van der Waals surface area contributed by atoms with Crippen molar-refractivity contribution in [3.05, 3.63) is 0 Å². The first-order chi connectivity index (χ1) is 15.2. The van der Waals surface area contributed by atoms with Crippen LogP contribution in [0.15, 0.2) is 0 Å². The highest BCUT2D eigenvalue weighted by Gasteiger charge is 2.29. The van der Waals surface area contributed by atoms with Gasteiger partial charge in [-0.1, -0.05) is 0 Å². The lowest BCUT2D eigenvalue weighted by atomic mass is 10.3. The van der Waals surface area contributed by atoms with E-state index in [1.54, 1.807) is 9.80 Å². The maximum absolute atomic E-state index is 12.2. The van der Waals surface area contributed by atoms with E-state index in [-0.39, 0.29) is 37.7 Å². The quantitative estimate of drug-likeness (QED) is 0.384. The molecular weight excluding hydrogens is 420 g/mol. The Balaban J connectivity index is 1.78. The third-order valence-corrected chi connectivity index (χ3v) is 5.32. The predicted octanol–water partition coefficient (Wildman–Crippen LogP) is -1.91. The zero-order valence-corrected chi connectivity index (χ0v) is 19.6. The van der Waals surface area contributed by atoms with Crippen LogP contribution in [-0.2, 0) is 28.9 Å². The molecule has 0 N–H and O–H groups in total. The monoisotopic (exact) mass is 456 g/mol. The second-order valence-electron chi connectivity index (χ2n) is 8.48. The number of likely N-dealkylation sites (N-methyl/N-ethyl adjacent to an activating group) is 2. The smallest absolute Gasteiger partial charge is 0.359 e. The summed E-state index contributed by atoms with van der Waals surface area (Å²) in [5.41, 5.74) is 0. The van der Waals surface area contributed by atoms with Crippen LogP contribution in [0, 0.1) is 0 Å². The van der Waals surface area contributed by atoms with Gasteiger partial charge in [0, 0.05) is 65.2 Å². The lowest BCUT2D eigenvalue weighted by Crippen LogP contribution is -2.40. The molecule has 0 atom stereocenters. The van der Waals surface area contributed by atoms with Gasteiger partial charge in [0.05, 0.1) is 13.1 Å². The Morgan fingerprint density at radius 2 is 1.06 bits per heavy atom. The fourth-order valence-corrected chi connectivity index (χ4v) is 3.30. The van der Waals surface area contributed by atoms with Gasteiger partial charge < -0.3 is 29.3 Å². The van der Waals surface area contributed by atoms with Gasteiger partial charge in [-0.05, 0) is 28.2 Å². The lowest BCUT2D eigenvalue weighted by Gasteiger charge is -2.23. The highest BCUT2D eigenvalue weighted by atomic mass is 16.8. The number of amides is 2. The molecule has 2 aliphatic rings. The molecule has 0 bridgehead atoms. The molecule has 182 valence electrons. The highest BCUT2D eigenvalue weighted by Crippen LogP contribution is 2.08. The predicted molar refractivity (Wildman–Crippen MR) is 115 cm³/mol. The molecular formula is C20H36N6O6. The molecule has 0 unspecified atom stereocenters. The lowest BCUT2D eigenvalue weighted by molar-refractivity contribution is -0.217. The van der Waals surface area contributed by atoms with Crippen LogP contribution in [0.3, 0.4) is 0 Å². The first kappa shape index (κ1) is 26.0. The zero-order chi connectivity index (χ0) is 23.7. The fourth-order valence-electron chi connectivity index (χ4n) is 3.30. The van der Waals surface area contributed by atoms with Gasteiger partial charge in [0.2, 0.25) is 11.8 Å². The number of hydrogen-bond donors (Lipinski definition) is 0. The van der Waals surface area contributed by atoms with Crippen molar-refractivity contribution in [2.45, 2.75) is 12.8 Å². The molecule has 0 aromatic carbocycles. The molecule has 2 heterocycles. The minimum Gasteiger partial charge on any atom is -0.359 e. The van der Waals surface area contributed by atoms with E-state index in [0.717, 1.165) is 13.1 Å². The maximum atomic E-state index is 12.2. The molecule has 0 aliphatic carbocycles. The van der Waals surface area contributed by atoms with E-state index < -0.39 is 11.9 Å². The molecule has 0 spiro atoms. The first-order valence-electron chi connectivity index (χ1n) is 10.9. The number of carbonyl (C=O) groups is 4. The highest BCUT2D eigenvalue weighted by molar-refractivity contribution is 6.29. The van der Waals surface area contributed by atoms with E-state index in [4.69, 9.17) is 9.68 Å². The molecule has 2 saturated heterocycles. The van der Waals surface area contributed by atoms with Crippen LogP contribution < -0.4 is 0 Å². The Kier molecular flexibility index (Phi) is 10.3. The largest absolute Gasteiger partial charge is 0.438 e. The van der Waals surface area contributed by atoms with Crippen LogP contribution in [-0.4, -0.2) is 147 Å². The van der Waals surface area contributed by atoms with Gasteiger partial charge in [-0.25, -0.2) is 9.59 Å². The Morgan fingerprint density at radius 1 is 0.688 bits per heavy atom. The van der Waals surface area contributed by atoms with Gasteiger partial charge in [0.15, 0.2) is 0 Å². The van der Waals surface area contributed by atoms with E-state index in [9.17, 15) is 19.2 Å². The number of hydrogen-bond acceptors (Lipinski definition) is 10. The van der Waals surface area contributed by atoms with Crippen LogP contribution in [0.1, 0.15) is 12.8 Å². The van der Waals surface area contributed by atoms with Crippen molar-refractivity contribution < 1.29 is 28.9 Å². The Hall–Kier alpha value is -2.28. The Bertz CT molecular complexity index is 617. The van der Waals surface area contributed by atoms with Gasteiger partial charge >= 0.3 is 11.9 Å². The summed E-state index contributed by atoms with van der Waals surface area (Å²) >= 11 is 0. The van der Waals surface area contributed by atoms with E-state index in [2.05, 4.69) is 0 Å². The average Bonchev–Trinajstić information content (AvgIpc) is 3.01.